The van der Waals surface area contributed by atoms with E-state index in [1.165, 1.54) is 0 Å². The normalized spacial score (nSPS) is 17.5. The van der Waals surface area contributed by atoms with Crippen LogP contribution in [0.1, 0.15) is 41.5 Å². The van der Waals surface area contributed by atoms with Crippen molar-refractivity contribution in [1.29, 1.82) is 0 Å². The van der Waals surface area contributed by atoms with Gasteiger partial charge in [-0.1, -0.05) is 0 Å². The molecular weight excluding hydrogens is 302 g/mol. The number of rotatable bonds is 5. The summed E-state index contributed by atoms with van der Waals surface area (Å²) in [5, 5.41) is 4.48. The summed E-state index contributed by atoms with van der Waals surface area (Å²) >= 11 is 0. The Bertz CT molecular complexity index is 706. The molecule has 0 N–H and O–H groups in total. The van der Waals surface area contributed by atoms with Gasteiger partial charge in [-0.25, -0.2) is 4.68 Å². The van der Waals surface area contributed by atoms with Crippen molar-refractivity contribution in [3.63, 3.8) is 0 Å². The van der Waals surface area contributed by atoms with Crippen LogP contribution in [0.3, 0.4) is 0 Å². The third-order valence-electron chi connectivity index (χ3n) is 4.52. The van der Waals surface area contributed by atoms with Gasteiger partial charge in [0.1, 0.15) is 0 Å². The van der Waals surface area contributed by atoms with Crippen LogP contribution in [0, 0.1) is 13.8 Å². The van der Waals surface area contributed by atoms with Gasteiger partial charge in [0.05, 0.1) is 24.0 Å². The van der Waals surface area contributed by atoms with Gasteiger partial charge >= 0.3 is 0 Å². The minimum absolute atomic E-state index is 0.0946. The Kier molecular flexibility index (Phi) is 5.00. The number of benzene rings is 1. The van der Waals surface area contributed by atoms with E-state index >= 15 is 0 Å². The number of ether oxygens (including phenoxy) is 1. The standard InChI is InChI=1S/C19H25N3O2/c1-4-24-13-18-6-5-11-21(18)19(23)16-7-9-17(10-8-16)22-15(3)12-14(2)20-22/h7-10,12,18H,4-6,11,13H2,1-3H3/t18-/m1/s1. The van der Waals surface area contributed by atoms with Crippen LogP contribution in [0.15, 0.2) is 30.3 Å². The Balaban J connectivity index is 1.75. The van der Waals surface area contributed by atoms with E-state index in [2.05, 4.69) is 5.10 Å². The number of hydrogen-bond acceptors (Lipinski definition) is 3. The molecule has 1 amide bonds. The quantitative estimate of drug-likeness (QED) is 0.847. The number of likely N-dealkylation sites (tertiary alicyclic amines) is 1. The Labute approximate surface area is 143 Å². The van der Waals surface area contributed by atoms with E-state index in [1.54, 1.807) is 0 Å². The van der Waals surface area contributed by atoms with Crippen LogP contribution in [0.25, 0.3) is 5.69 Å². The van der Waals surface area contributed by atoms with E-state index in [1.807, 2.05) is 60.7 Å². The lowest BCUT2D eigenvalue weighted by Crippen LogP contribution is -2.38. The first-order valence-corrected chi connectivity index (χ1v) is 8.62. The lowest BCUT2D eigenvalue weighted by molar-refractivity contribution is 0.0564. The topological polar surface area (TPSA) is 47.4 Å². The molecule has 0 unspecified atom stereocenters. The van der Waals surface area contributed by atoms with Gasteiger partial charge in [-0.15, -0.1) is 0 Å². The highest BCUT2D eigenvalue weighted by Crippen LogP contribution is 2.21. The maximum atomic E-state index is 12.8. The van der Waals surface area contributed by atoms with E-state index in [4.69, 9.17) is 4.74 Å². The molecule has 1 fully saturated rings. The summed E-state index contributed by atoms with van der Waals surface area (Å²) in [6.07, 6.45) is 2.07. The molecule has 0 aliphatic carbocycles. The number of carbonyl (C=O) groups excluding carboxylic acids is 1. The van der Waals surface area contributed by atoms with Gasteiger partial charge in [-0.05, 0) is 63.9 Å². The summed E-state index contributed by atoms with van der Waals surface area (Å²) in [4.78, 5) is 14.7. The molecule has 128 valence electrons. The average molecular weight is 327 g/mol. The van der Waals surface area contributed by atoms with E-state index < -0.39 is 0 Å². The maximum Gasteiger partial charge on any atom is 0.254 e. The molecule has 5 nitrogen and oxygen atoms in total. The molecule has 5 heteroatoms. The molecule has 2 heterocycles. The van der Waals surface area contributed by atoms with Crippen LogP contribution in [-0.2, 0) is 4.74 Å². The summed E-state index contributed by atoms with van der Waals surface area (Å²) in [6, 6.07) is 9.95. The second kappa shape index (κ2) is 7.18. The van der Waals surface area contributed by atoms with Crippen molar-refractivity contribution in [3.05, 3.63) is 47.3 Å². The Morgan fingerprint density at radius 2 is 2.04 bits per heavy atom. The highest BCUT2D eigenvalue weighted by Gasteiger charge is 2.29. The van der Waals surface area contributed by atoms with Gasteiger partial charge in [0.15, 0.2) is 0 Å². The number of amides is 1. The molecule has 0 spiro atoms. The Morgan fingerprint density at radius 3 is 2.67 bits per heavy atom. The summed E-state index contributed by atoms with van der Waals surface area (Å²) in [5.41, 5.74) is 3.78. The van der Waals surface area contributed by atoms with Crippen LogP contribution in [-0.4, -0.2) is 46.4 Å². The van der Waals surface area contributed by atoms with Crippen LogP contribution >= 0.6 is 0 Å². The zero-order valence-corrected chi connectivity index (χ0v) is 14.7. The van der Waals surface area contributed by atoms with Crippen LogP contribution in [0.5, 0.6) is 0 Å². The molecule has 1 atom stereocenters. The van der Waals surface area contributed by atoms with E-state index in [-0.39, 0.29) is 11.9 Å². The third-order valence-corrected chi connectivity index (χ3v) is 4.52. The fourth-order valence-corrected chi connectivity index (χ4v) is 3.33. The van der Waals surface area contributed by atoms with Gasteiger partial charge in [0.2, 0.25) is 0 Å². The highest BCUT2D eigenvalue weighted by molar-refractivity contribution is 5.94. The van der Waals surface area contributed by atoms with Crippen LogP contribution in [0.2, 0.25) is 0 Å². The first-order valence-electron chi connectivity index (χ1n) is 8.62. The van der Waals surface area contributed by atoms with Crippen molar-refractivity contribution in [2.45, 2.75) is 39.7 Å². The highest BCUT2D eigenvalue weighted by atomic mass is 16.5. The fraction of sp³-hybridized carbons (Fsp3) is 0.474. The third kappa shape index (κ3) is 3.36. The minimum Gasteiger partial charge on any atom is -0.380 e. The number of nitrogens with zero attached hydrogens (tertiary/aromatic N) is 3. The first kappa shape index (κ1) is 16.7. The molecule has 1 aliphatic rings. The second-order valence-electron chi connectivity index (χ2n) is 6.34. The van der Waals surface area contributed by atoms with Crippen molar-refractivity contribution in [2.75, 3.05) is 19.8 Å². The van der Waals surface area contributed by atoms with Crippen molar-refractivity contribution in [1.82, 2.24) is 14.7 Å². The molecule has 3 rings (SSSR count). The smallest absolute Gasteiger partial charge is 0.254 e. The Morgan fingerprint density at radius 1 is 1.29 bits per heavy atom. The summed E-state index contributed by atoms with van der Waals surface area (Å²) < 4.78 is 7.42. The van der Waals surface area contributed by atoms with Gasteiger partial charge in [0.25, 0.3) is 5.91 Å². The van der Waals surface area contributed by atoms with E-state index in [9.17, 15) is 4.79 Å². The SMILES string of the molecule is CCOC[C@H]1CCCN1C(=O)c1ccc(-n2nc(C)cc2C)cc1. The molecule has 1 saturated heterocycles. The summed E-state index contributed by atoms with van der Waals surface area (Å²) in [7, 11) is 0. The maximum absolute atomic E-state index is 12.8. The molecule has 2 aromatic rings. The number of carbonyl (C=O) groups is 1. The lowest BCUT2D eigenvalue weighted by atomic mass is 10.1. The number of aryl methyl sites for hydroxylation is 2. The van der Waals surface area contributed by atoms with E-state index in [0.717, 1.165) is 42.0 Å². The molecule has 0 saturated carbocycles. The van der Waals surface area contributed by atoms with Crippen LogP contribution < -0.4 is 0 Å². The van der Waals surface area contributed by atoms with Crippen molar-refractivity contribution < 1.29 is 9.53 Å². The summed E-state index contributed by atoms with van der Waals surface area (Å²) in [5.74, 6) is 0.0946. The fourth-order valence-electron chi connectivity index (χ4n) is 3.33. The minimum atomic E-state index is 0.0946. The monoisotopic (exact) mass is 327 g/mol. The lowest BCUT2D eigenvalue weighted by Gasteiger charge is -2.24. The van der Waals surface area contributed by atoms with Crippen LogP contribution in [0.4, 0.5) is 0 Å². The van der Waals surface area contributed by atoms with E-state index in [0.29, 0.717) is 13.2 Å². The van der Waals surface area contributed by atoms with Crippen molar-refractivity contribution >= 4 is 5.91 Å². The molecule has 0 bridgehead atoms. The first-order chi connectivity index (χ1) is 11.6. The largest absolute Gasteiger partial charge is 0.380 e. The average Bonchev–Trinajstić information content (AvgIpc) is 3.18. The molecule has 1 aromatic heterocycles. The number of hydrogen-bond donors (Lipinski definition) is 0. The van der Waals surface area contributed by atoms with Crippen molar-refractivity contribution in [3.8, 4) is 5.69 Å². The number of aromatic nitrogens is 2. The predicted octanol–water partition coefficient (Wildman–Crippen LogP) is 3.13. The summed E-state index contributed by atoms with van der Waals surface area (Å²) in [6.45, 7) is 8.13. The van der Waals surface area contributed by atoms with Gasteiger partial charge in [-0.2, -0.15) is 5.10 Å². The molecule has 1 aromatic carbocycles. The zero-order valence-electron chi connectivity index (χ0n) is 14.7. The molecule has 1 aliphatic heterocycles. The predicted molar refractivity (Wildman–Crippen MR) is 93.6 cm³/mol. The van der Waals surface area contributed by atoms with Crippen molar-refractivity contribution in [2.24, 2.45) is 0 Å². The van der Waals surface area contributed by atoms with Gasteiger partial charge in [0, 0.05) is 24.4 Å². The zero-order chi connectivity index (χ0) is 17.1. The Hall–Kier alpha value is -2.14. The molecule has 0 radical (unpaired) electrons. The molecular formula is C19H25N3O2. The van der Waals surface area contributed by atoms with Gasteiger partial charge < -0.3 is 9.64 Å². The molecule has 24 heavy (non-hydrogen) atoms. The van der Waals surface area contributed by atoms with Gasteiger partial charge in [-0.3, -0.25) is 4.79 Å². The second-order valence-corrected chi connectivity index (χ2v) is 6.34.